The van der Waals surface area contributed by atoms with Crippen molar-refractivity contribution >= 4 is 11.8 Å². The van der Waals surface area contributed by atoms with E-state index >= 15 is 0 Å². The van der Waals surface area contributed by atoms with Crippen LogP contribution in [-0.4, -0.2) is 48.6 Å². The lowest BCUT2D eigenvalue weighted by atomic mass is 10.1. The summed E-state index contributed by atoms with van der Waals surface area (Å²) < 4.78 is 5.00. The van der Waals surface area contributed by atoms with Crippen LogP contribution in [-0.2, 0) is 14.3 Å². The molecule has 3 fully saturated rings. The van der Waals surface area contributed by atoms with Gasteiger partial charge in [-0.2, -0.15) is 0 Å². The molecule has 1 aliphatic carbocycles. The van der Waals surface area contributed by atoms with Gasteiger partial charge in [-0.05, 0) is 12.8 Å². The third-order valence-corrected chi connectivity index (χ3v) is 3.50. The molecule has 0 spiro atoms. The topological polar surface area (TPSA) is 58.6 Å². The van der Waals surface area contributed by atoms with Gasteiger partial charge in [0.05, 0.1) is 25.2 Å². The Hall–Kier alpha value is -1.10. The van der Waals surface area contributed by atoms with Gasteiger partial charge in [0.1, 0.15) is 0 Å². The first-order valence-electron chi connectivity index (χ1n) is 5.91. The maximum absolute atomic E-state index is 11.8. The van der Waals surface area contributed by atoms with Crippen molar-refractivity contribution in [2.45, 2.75) is 31.3 Å². The highest BCUT2D eigenvalue weighted by atomic mass is 16.5. The van der Waals surface area contributed by atoms with E-state index in [-0.39, 0.29) is 23.8 Å². The van der Waals surface area contributed by atoms with Crippen molar-refractivity contribution in [1.29, 1.82) is 0 Å². The van der Waals surface area contributed by atoms with Gasteiger partial charge >= 0.3 is 0 Å². The number of likely N-dealkylation sites (tertiary alicyclic amines) is 1. The molecule has 2 heterocycles. The number of carbonyl (C=O) groups excluding carboxylic acids is 2. The summed E-state index contributed by atoms with van der Waals surface area (Å²) in [5, 5.41) is 2.92. The Morgan fingerprint density at radius 3 is 2.69 bits per heavy atom. The maximum atomic E-state index is 11.8. The largest absolute Gasteiger partial charge is 0.377 e. The molecule has 2 saturated heterocycles. The number of nitrogens with one attached hydrogen (secondary N) is 1. The number of rotatable bonds is 3. The van der Waals surface area contributed by atoms with E-state index in [1.165, 1.54) is 0 Å². The quantitative estimate of drug-likeness (QED) is 0.704. The molecule has 3 aliphatic rings. The highest BCUT2D eigenvalue weighted by Gasteiger charge is 2.42. The fourth-order valence-corrected chi connectivity index (χ4v) is 2.28. The van der Waals surface area contributed by atoms with Crippen molar-refractivity contribution in [2.75, 3.05) is 19.8 Å². The van der Waals surface area contributed by atoms with Crippen LogP contribution in [0.2, 0.25) is 0 Å². The van der Waals surface area contributed by atoms with E-state index in [2.05, 4.69) is 5.32 Å². The molecule has 5 nitrogen and oxygen atoms in total. The molecular formula is C11H16N2O3. The highest BCUT2D eigenvalue weighted by Crippen LogP contribution is 2.32. The van der Waals surface area contributed by atoms with Crippen LogP contribution in [0.5, 0.6) is 0 Å². The summed E-state index contributed by atoms with van der Waals surface area (Å²) in [6, 6.07) is 0.593. The Labute approximate surface area is 94.1 Å². The van der Waals surface area contributed by atoms with E-state index in [9.17, 15) is 9.59 Å². The number of amides is 2. The van der Waals surface area contributed by atoms with Crippen LogP contribution >= 0.6 is 0 Å². The minimum absolute atomic E-state index is 0.0183. The number of hydrogen-bond donors (Lipinski definition) is 1. The molecule has 5 heteroatoms. The standard InChI is InChI=1S/C11H16N2O3/c14-10-3-7(4-13(10)9-1-2-9)11(15)12-8-5-16-6-8/h7-9H,1-6H2,(H,12,15). The van der Waals surface area contributed by atoms with Crippen LogP contribution < -0.4 is 5.32 Å². The van der Waals surface area contributed by atoms with E-state index in [0.29, 0.717) is 32.2 Å². The second-order valence-corrected chi connectivity index (χ2v) is 4.92. The monoisotopic (exact) mass is 224 g/mol. The third-order valence-electron chi connectivity index (χ3n) is 3.50. The van der Waals surface area contributed by atoms with E-state index in [4.69, 9.17) is 4.74 Å². The molecular weight excluding hydrogens is 208 g/mol. The molecule has 2 amide bonds. The first kappa shape index (κ1) is 10.1. The first-order chi connectivity index (χ1) is 7.74. The molecule has 0 aromatic carbocycles. The molecule has 1 atom stereocenters. The lowest BCUT2D eigenvalue weighted by molar-refractivity contribution is -0.130. The Morgan fingerprint density at radius 1 is 1.38 bits per heavy atom. The molecule has 2 aliphatic heterocycles. The minimum atomic E-state index is -0.145. The van der Waals surface area contributed by atoms with Crippen LogP contribution in [0.15, 0.2) is 0 Å². The Morgan fingerprint density at radius 2 is 2.12 bits per heavy atom. The van der Waals surface area contributed by atoms with E-state index in [0.717, 1.165) is 12.8 Å². The maximum Gasteiger partial charge on any atom is 0.225 e. The molecule has 1 N–H and O–H groups in total. The minimum Gasteiger partial charge on any atom is -0.377 e. The summed E-state index contributed by atoms with van der Waals surface area (Å²) in [5.41, 5.74) is 0. The lowest BCUT2D eigenvalue weighted by Gasteiger charge is -2.27. The Balaban J connectivity index is 1.54. The average molecular weight is 224 g/mol. The molecule has 16 heavy (non-hydrogen) atoms. The number of ether oxygens (including phenoxy) is 1. The summed E-state index contributed by atoms with van der Waals surface area (Å²) in [6.45, 7) is 1.83. The van der Waals surface area contributed by atoms with Crippen molar-refractivity contribution < 1.29 is 14.3 Å². The van der Waals surface area contributed by atoms with Crippen molar-refractivity contribution in [2.24, 2.45) is 5.92 Å². The molecule has 0 aromatic rings. The van der Waals surface area contributed by atoms with Crippen molar-refractivity contribution in [3.63, 3.8) is 0 Å². The van der Waals surface area contributed by atoms with E-state index < -0.39 is 0 Å². The van der Waals surface area contributed by atoms with Crippen LogP contribution in [0.1, 0.15) is 19.3 Å². The summed E-state index contributed by atoms with van der Waals surface area (Å²) in [7, 11) is 0. The Bertz CT molecular complexity index is 323. The van der Waals surface area contributed by atoms with Crippen molar-refractivity contribution in [3.05, 3.63) is 0 Å². The molecule has 1 saturated carbocycles. The summed E-state index contributed by atoms with van der Waals surface area (Å²) in [4.78, 5) is 25.4. The lowest BCUT2D eigenvalue weighted by Crippen LogP contribution is -2.50. The first-order valence-corrected chi connectivity index (χ1v) is 5.91. The Kier molecular flexibility index (Phi) is 2.35. The number of nitrogens with zero attached hydrogens (tertiary/aromatic N) is 1. The average Bonchev–Trinajstić information content (AvgIpc) is 2.96. The second-order valence-electron chi connectivity index (χ2n) is 4.92. The van der Waals surface area contributed by atoms with Crippen LogP contribution in [0.25, 0.3) is 0 Å². The van der Waals surface area contributed by atoms with Crippen LogP contribution in [0.4, 0.5) is 0 Å². The zero-order chi connectivity index (χ0) is 11.1. The molecule has 0 bridgehead atoms. The van der Waals surface area contributed by atoms with Gasteiger partial charge in [0.2, 0.25) is 11.8 Å². The van der Waals surface area contributed by atoms with Gasteiger partial charge < -0.3 is 15.0 Å². The van der Waals surface area contributed by atoms with E-state index in [1.807, 2.05) is 4.90 Å². The SMILES string of the molecule is O=C(NC1COC1)C1CC(=O)N(C2CC2)C1. The van der Waals surface area contributed by atoms with Crippen molar-refractivity contribution in [1.82, 2.24) is 10.2 Å². The molecule has 3 rings (SSSR count). The zero-order valence-electron chi connectivity index (χ0n) is 9.15. The highest BCUT2D eigenvalue weighted by molar-refractivity contribution is 5.89. The fraction of sp³-hybridized carbons (Fsp3) is 0.818. The van der Waals surface area contributed by atoms with Crippen LogP contribution in [0.3, 0.4) is 0 Å². The normalized spacial score (nSPS) is 30.4. The zero-order valence-corrected chi connectivity index (χ0v) is 9.15. The molecule has 0 radical (unpaired) electrons. The second kappa shape index (κ2) is 3.73. The van der Waals surface area contributed by atoms with E-state index in [1.54, 1.807) is 0 Å². The predicted molar refractivity (Wildman–Crippen MR) is 55.6 cm³/mol. The molecule has 0 aromatic heterocycles. The predicted octanol–water partition coefficient (Wildman–Crippen LogP) is -0.488. The van der Waals surface area contributed by atoms with Crippen molar-refractivity contribution in [3.8, 4) is 0 Å². The van der Waals surface area contributed by atoms with Gasteiger partial charge in [0, 0.05) is 19.0 Å². The molecule has 1 unspecified atom stereocenters. The number of carbonyl (C=O) groups is 2. The van der Waals surface area contributed by atoms with Gasteiger partial charge in [-0.1, -0.05) is 0 Å². The summed E-state index contributed by atoms with van der Waals surface area (Å²) in [5.74, 6) is 0.0195. The van der Waals surface area contributed by atoms with Gasteiger partial charge in [-0.3, -0.25) is 9.59 Å². The van der Waals surface area contributed by atoms with Crippen LogP contribution in [0, 0.1) is 5.92 Å². The van der Waals surface area contributed by atoms with Gasteiger partial charge in [0.25, 0.3) is 0 Å². The van der Waals surface area contributed by atoms with Gasteiger partial charge in [0.15, 0.2) is 0 Å². The molecule has 88 valence electrons. The smallest absolute Gasteiger partial charge is 0.225 e. The van der Waals surface area contributed by atoms with Gasteiger partial charge in [-0.25, -0.2) is 0 Å². The number of hydrogen-bond acceptors (Lipinski definition) is 3. The fourth-order valence-electron chi connectivity index (χ4n) is 2.28. The third kappa shape index (κ3) is 1.80. The van der Waals surface area contributed by atoms with Gasteiger partial charge in [-0.15, -0.1) is 0 Å². The summed E-state index contributed by atoms with van der Waals surface area (Å²) >= 11 is 0. The summed E-state index contributed by atoms with van der Waals surface area (Å²) in [6.07, 6.45) is 2.60.